The van der Waals surface area contributed by atoms with Crippen molar-refractivity contribution in [3.8, 4) is 0 Å². The first-order chi connectivity index (χ1) is 8.82. The maximum Gasteiger partial charge on any atom is 0.249 e. The number of benzene rings is 1. The van der Waals surface area contributed by atoms with Crippen LogP contribution in [0, 0.1) is 5.82 Å². The molecule has 1 aromatic rings. The molecule has 0 saturated carbocycles. The van der Waals surface area contributed by atoms with Gasteiger partial charge in [0.15, 0.2) is 5.82 Å². The number of nitrogen functional groups attached to an aromatic ring is 2. The highest BCUT2D eigenvalue weighted by Gasteiger charge is 2.33. The van der Waals surface area contributed by atoms with E-state index in [1.165, 1.54) is 17.9 Å². The summed E-state index contributed by atoms with van der Waals surface area (Å²) in [6, 6.07) is 0.555. The topological polar surface area (TPSA) is 101 Å². The van der Waals surface area contributed by atoms with Gasteiger partial charge in [0, 0.05) is 0 Å². The first-order valence-corrected chi connectivity index (χ1v) is 5.84. The molecule has 1 heterocycles. The van der Waals surface area contributed by atoms with E-state index in [4.69, 9.17) is 23.1 Å². The van der Waals surface area contributed by atoms with Crippen LogP contribution in [0.5, 0.6) is 0 Å². The molecule has 2 rings (SSSR count). The van der Waals surface area contributed by atoms with Gasteiger partial charge < -0.3 is 16.4 Å². The lowest BCUT2D eigenvalue weighted by atomic mass is 10.1. The van der Waals surface area contributed by atoms with Gasteiger partial charge in [-0.25, -0.2) is 4.39 Å². The van der Waals surface area contributed by atoms with E-state index in [0.29, 0.717) is 0 Å². The maximum atomic E-state index is 14.2. The van der Waals surface area contributed by atoms with Crippen LogP contribution in [0.15, 0.2) is 6.07 Å². The predicted molar refractivity (Wildman–Crippen MR) is 70.2 cm³/mol. The van der Waals surface area contributed by atoms with Crippen molar-refractivity contribution in [1.82, 2.24) is 5.32 Å². The van der Waals surface area contributed by atoms with Gasteiger partial charge in [0.25, 0.3) is 0 Å². The summed E-state index contributed by atoms with van der Waals surface area (Å²) in [5.41, 5.74) is 11.1. The average molecular weight is 287 g/mol. The molecule has 0 radical (unpaired) electrons. The molecule has 1 aliphatic rings. The molecule has 0 spiro atoms. The Kier molecular flexibility index (Phi) is 3.23. The molecule has 2 amide bonds. The van der Waals surface area contributed by atoms with Gasteiger partial charge in [0.05, 0.1) is 23.6 Å². The Morgan fingerprint density at radius 3 is 2.68 bits per heavy atom. The fourth-order valence-electron chi connectivity index (χ4n) is 1.94. The van der Waals surface area contributed by atoms with Crippen molar-refractivity contribution in [1.29, 1.82) is 0 Å². The third-order valence-corrected chi connectivity index (χ3v) is 3.33. The summed E-state index contributed by atoms with van der Waals surface area (Å²) in [5.74, 6) is -1.90. The lowest BCUT2D eigenvalue weighted by Gasteiger charge is -2.34. The molecule has 1 unspecified atom stereocenters. The van der Waals surface area contributed by atoms with E-state index in [1.807, 2.05) is 0 Å². The number of rotatable bonds is 1. The van der Waals surface area contributed by atoms with Crippen LogP contribution in [0.1, 0.15) is 6.92 Å². The molecular formula is C11H12ClFN4O2. The number of hydrogen-bond donors (Lipinski definition) is 3. The number of carbonyl (C=O) groups excluding carboxylic acids is 2. The quantitative estimate of drug-likeness (QED) is 0.515. The van der Waals surface area contributed by atoms with E-state index in [2.05, 4.69) is 5.32 Å². The monoisotopic (exact) mass is 286 g/mol. The van der Waals surface area contributed by atoms with Crippen LogP contribution in [0.25, 0.3) is 0 Å². The molecule has 1 saturated heterocycles. The normalized spacial score (nSPS) is 19.5. The van der Waals surface area contributed by atoms with Crippen molar-refractivity contribution in [3.63, 3.8) is 0 Å². The second kappa shape index (κ2) is 4.58. The molecule has 102 valence electrons. The maximum absolute atomic E-state index is 14.2. The zero-order chi connectivity index (χ0) is 14.3. The molecule has 1 atom stereocenters. The molecule has 0 aromatic heterocycles. The van der Waals surface area contributed by atoms with Crippen LogP contribution >= 0.6 is 11.6 Å². The number of anilines is 3. The Labute approximate surface area is 113 Å². The van der Waals surface area contributed by atoms with E-state index < -0.39 is 23.7 Å². The van der Waals surface area contributed by atoms with Gasteiger partial charge in [-0.05, 0) is 13.0 Å². The number of piperazine rings is 1. The first kappa shape index (κ1) is 13.4. The standard InChI is InChI=1S/C11H12ClFN4O2/c1-4-11(19)16-7(18)3-17(4)10-6(15)2-5(14)8(12)9(10)13/h2,4H,3,14-15H2,1H3,(H,16,18,19). The van der Waals surface area contributed by atoms with Gasteiger partial charge in [-0.15, -0.1) is 0 Å². The van der Waals surface area contributed by atoms with E-state index in [9.17, 15) is 14.0 Å². The highest BCUT2D eigenvalue weighted by Crippen LogP contribution is 2.37. The van der Waals surface area contributed by atoms with Gasteiger partial charge in [-0.1, -0.05) is 11.6 Å². The van der Waals surface area contributed by atoms with Crippen molar-refractivity contribution >= 4 is 40.5 Å². The molecular weight excluding hydrogens is 275 g/mol. The molecule has 0 bridgehead atoms. The number of hydrogen-bond acceptors (Lipinski definition) is 5. The van der Waals surface area contributed by atoms with Crippen LogP contribution in [0.4, 0.5) is 21.5 Å². The number of amides is 2. The zero-order valence-electron chi connectivity index (χ0n) is 10.0. The second-order valence-electron chi connectivity index (χ2n) is 4.25. The summed E-state index contributed by atoms with van der Waals surface area (Å²) in [4.78, 5) is 24.2. The zero-order valence-corrected chi connectivity index (χ0v) is 10.8. The van der Waals surface area contributed by atoms with Gasteiger partial charge in [-0.3, -0.25) is 14.9 Å². The third-order valence-electron chi connectivity index (χ3n) is 2.95. The molecule has 1 fully saturated rings. The lowest BCUT2D eigenvalue weighted by molar-refractivity contribution is -0.132. The van der Waals surface area contributed by atoms with Crippen LogP contribution in [-0.4, -0.2) is 24.4 Å². The molecule has 6 nitrogen and oxygen atoms in total. The van der Waals surface area contributed by atoms with Crippen molar-refractivity contribution in [2.24, 2.45) is 0 Å². The first-order valence-electron chi connectivity index (χ1n) is 5.46. The van der Waals surface area contributed by atoms with Gasteiger partial charge in [-0.2, -0.15) is 0 Å². The Morgan fingerprint density at radius 2 is 2.05 bits per heavy atom. The van der Waals surface area contributed by atoms with E-state index in [0.717, 1.165) is 0 Å². The number of carbonyl (C=O) groups is 2. The third kappa shape index (κ3) is 2.17. The molecule has 0 aliphatic carbocycles. The highest BCUT2D eigenvalue weighted by molar-refractivity contribution is 6.33. The molecule has 1 aromatic carbocycles. The second-order valence-corrected chi connectivity index (χ2v) is 4.63. The van der Waals surface area contributed by atoms with Crippen molar-refractivity contribution in [3.05, 3.63) is 16.9 Å². The van der Waals surface area contributed by atoms with Gasteiger partial charge in [0.2, 0.25) is 11.8 Å². The fraction of sp³-hybridized carbons (Fsp3) is 0.273. The Bertz CT molecular complexity index is 578. The van der Waals surface area contributed by atoms with Crippen molar-refractivity contribution < 1.29 is 14.0 Å². The summed E-state index contributed by atoms with van der Waals surface area (Å²) in [7, 11) is 0. The average Bonchev–Trinajstić information content (AvgIpc) is 2.32. The molecule has 19 heavy (non-hydrogen) atoms. The minimum absolute atomic E-state index is 0.000794. The van der Waals surface area contributed by atoms with E-state index in [1.54, 1.807) is 0 Å². The number of nitrogens with one attached hydrogen (secondary N) is 1. The van der Waals surface area contributed by atoms with Crippen LogP contribution < -0.4 is 21.7 Å². The lowest BCUT2D eigenvalue weighted by Crippen LogP contribution is -2.57. The fourth-order valence-corrected chi connectivity index (χ4v) is 2.08. The van der Waals surface area contributed by atoms with Crippen molar-refractivity contribution in [2.75, 3.05) is 22.9 Å². The van der Waals surface area contributed by atoms with Crippen LogP contribution in [0.2, 0.25) is 5.02 Å². The predicted octanol–water partition coefficient (Wildman–Crippen LogP) is 0.495. The molecule has 1 aliphatic heterocycles. The number of nitrogens with two attached hydrogens (primary N) is 2. The number of imide groups is 1. The van der Waals surface area contributed by atoms with Gasteiger partial charge in [0.1, 0.15) is 11.1 Å². The van der Waals surface area contributed by atoms with Crippen molar-refractivity contribution in [2.45, 2.75) is 13.0 Å². The summed E-state index contributed by atoms with van der Waals surface area (Å²) in [6.07, 6.45) is 0. The van der Waals surface area contributed by atoms with E-state index >= 15 is 0 Å². The van der Waals surface area contributed by atoms with Crippen LogP contribution in [-0.2, 0) is 9.59 Å². The van der Waals surface area contributed by atoms with Crippen LogP contribution in [0.3, 0.4) is 0 Å². The molecule has 8 heteroatoms. The SMILES string of the molecule is CC1C(=O)NC(=O)CN1c1c(N)cc(N)c(Cl)c1F. The largest absolute Gasteiger partial charge is 0.397 e. The minimum Gasteiger partial charge on any atom is -0.397 e. The van der Waals surface area contributed by atoms with E-state index in [-0.39, 0.29) is 28.6 Å². The summed E-state index contributed by atoms with van der Waals surface area (Å²) in [6.45, 7) is 1.35. The Balaban J connectivity index is 2.55. The number of nitrogens with zero attached hydrogens (tertiary/aromatic N) is 1. The minimum atomic E-state index is -0.839. The Hall–Kier alpha value is -2.02. The summed E-state index contributed by atoms with van der Waals surface area (Å²) >= 11 is 5.73. The summed E-state index contributed by atoms with van der Waals surface area (Å²) in [5, 5.41) is 1.87. The Morgan fingerprint density at radius 1 is 1.42 bits per heavy atom. The smallest absolute Gasteiger partial charge is 0.249 e. The molecule has 5 N–H and O–H groups in total. The number of halogens is 2. The summed E-state index contributed by atoms with van der Waals surface area (Å²) < 4.78 is 14.2. The highest BCUT2D eigenvalue weighted by atomic mass is 35.5. The van der Waals surface area contributed by atoms with Gasteiger partial charge >= 0.3 is 0 Å².